The van der Waals surface area contributed by atoms with Gasteiger partial charge in [-0.15, -0.1) is 11.6 Å². The Balaban J connectivity index is 1.57. The predicted molar refractivity (Wildman–Crippen MR) is 82.1 cm³/mol. The van der Waals surface area contributed by atoms with E-state index in [0.29, 0.717) is 43.2 Å². The minimum atomic E-state index is -0.388. The van der Waals surface area contributed by atoms with Gasteiger partial charge in [0.15, 0.2) is 11.5 Å². The molecule has 124 valence electrons. The van der Waals surface area contributed by atoms with E-state index in [1.54, 1.807) is 28.0 Å². The molecule has 0 N–H and O–H groups in total. The zero-order valence-corrected chi connectivity index (χ0v) is 13.3. The maximum atomic E-state index is 12.5. The molecule has 8 heteroatoms. The number of carbonyl (C=O) groups excluding carboxylic acids is 2. The minimum absolute atomic E-state index is 0.0860. The Hall–Kier alpha value is -2.15. The van der Waals surface area contributed by atoms with Crippen molar-refractivity contribution in [3.8, 4) is 11.5 Å². The van der Waals surface area contributed by atoms with Crippen molar-refractivity contribution in [2.75, 3.05) is 45.5 Å². The van der Waals surface area contributed by atoms with Crippen molar-refractivity contribution < 1.29 is 23.8 Å². The third-order valence-corrected chi connectivity index (χ3v) is 3.90. The van der Waals surface area contributed by atoms with E-state index in [-0.39, 0.29) is 31.3 Å². The van der Waals surface area contributed by atoms with Crippen molar-refractivity contribution in [3.63, 3.8) is 0 Å². The molecule has 2 aliphatic rings. The van der Waals surface area contributed by atoms with Crippen molar-refractivity contribution in [3.05, 3.63) is 23.8 Å². The van der Waals surface area contributed by atoms with Crippen LogP contribution in [0.4, 0.5) is 4.79 Å². The Morgan fingerprint density at radius 3 is 2.52 bits per heavy atom. The van der Waals surface area contributed by atoms with Crippen LogP contribution in [0, 0.1) is 0 Å². The van der Waals surface area contributed by atoms with Gasteiger partial charge in [0.2, 0.25) is 6.79 Å². The minimum Gasteiger partial charge on any atom is -0.454 e. The molecule has 0 unspecified atom stereocenters. The molecule has 1 aromatic rings. The van der Waals surface area contributed by atoms with Gasteiger partial charge in [-0.05, 0) is 18.2 Å². The lowest BCUT2D eigenvalue weighted by molar-refractivity contribution is 0.0571. The average Bonchev–Trinajstić information content (AvgIpc) is 3.06. The molecule has 3 rings (SSSR count). The molecule has 0 aromatic heterocycles. The van der Waals surface area contributed by atoms with Gasteiger partial charge in [0.05, 0.1) is 5.88 Å². The molecule has 7 nitrogen and oxygen atoms in total. The second-order valence-electron chi connectivity index (χ2n) is 5.15. The number of amides is 2. The van der Waals surface area contributed by atoms with E-state index in [9.17, 15) is 9.59 Å². The summed E-state index contributed by atoms with van der Waals surface area (Å²) >= 11 is 5.49. The standard InChI is InChI=1S/C15H17ClN2O5/c16-3-8-21-15(20)18-6-4-17(5-7-18)14(19)11-1-2-12-13(9-11)23-10-22-12/h1-2,9H,3-8,10H2. The van der Waals surface area contributed by atoms with Gasteiger partial charge in [-0.3, -0.25) is 4.79 Å². The number of alkyl halides is 1. The monoisotopic (exact) mass is 340 g/mol. The molecule has 1 aromatic carbocycles. The summed E-state index contributed by atoms with van der Waals surface area (Å²) in [5, 5.41) is 0. The first-order valence-corrected chi connectivity index (χ1v) is 7.89. The van der Waals surface area contributed by atoms with E-state index < -0.39 is 0 Å². The van der Waals surface area contributed by atoms with Gasteiger partial charge in [0.25, 0.3) is 5.91 Å². The molecule has 0 aliphatic carbocycles. The Bertz CT molecular complexity index is 602. The van der Waals surface area contributed by atoms with Crippen LogP contribution in [0.5, 0.6) is 11.5 Å². The highest BCUT2D eigenvalue weighted by Gasteiger charge is 2.26. The second kappa shape index (κ2) is 6.95. The summed E-state index contributed by atoms with van der Waals surface area (Å²) in [4.78, 5) is 27.6. The highest BCUT2D eigenvalue weighted by atomic mass is 35.5. The first-order valence-electron chi connectivity index (χ1n) is 7.35. The van der Waals surface area contributed by atoms with Crippen LogP contribution in [0.15, 0.2) is 18.2 Å². The van der Waals surface area contributed by atoms with Gasteiger partial charge in [0.1, 0.15) is 6.61 Å². The van der Waals surface area contributed by atoms with Gasteiger partial charge in [0, 0.05) is 31.7 Å². The molecule has 2 amide bonds. The van der Waals surface area contributed by atoms with Gasteiger partial charge in [-0.25, -0.2) is 4.79 Å². The fourth-order valence-electron chi connectivity index (χ4n) is 2.52. The van der Waals surface area contributed by atoms with Crippen molar-refractivity contribution in [1.82, 2.24) is 9.80 Å². The number of hydrogen-bond donors (Lipinski definition) is 0. The molecule has 0 radical (unpaired) electrons. The fourth-order valence-corrected chi connectivity index (χ4v) is 2.60. The number of hydrogen-bond acceptors (Lipinski definition) is 5. The molecule has 2 heterocycles. The maximum Gasteiger partial charge on any atom is 0.409 e. The number of piperazine rings is 1. The number of benzene rings is 1. The number of fused-ring (bicyclic) bond motifs is 1. The van der Waals surface area contributed by atoms with Crippen molar-refractivity contribution in [2.24, 2.45) is 0 Å². The van der Waals surface area contributed by atoms with Crippen LogP contribution in [0.1, 0.15) is 10.4 Å². The second-order valence-corrected chi connectivity index (χ2v) is 5.53. The summed E-state index contributed by atoms with van der Waals surface area (Å²) in [7, 11) is 0. The van der Waals surface area contributed by atoms with Gasteiger partial charge < -0.3 is 24.0 Å². The smallest absolute Gasteiger partial charge is 0.409 e. The predicted octanol–water partition coefficient (Wildman–Crippen LogP) is 1.55. The lowest BCUT2D eigenvalue weighted by atomic mass is 10.1. The number of halogens is 1. The first-order chi connectivity index (χ1) is 11.2. The Labute approximate surface area is 138 Å². The third kappa shape index (κ3) is 3.44. The highest BCUT2D eigenvalue weighted by Crippen LogP contribution is 2.32. The molecule has 23 heavy (non-hydrogen) atoms. The Morgan fingerprint density at radius 2 is 1.78 bits per heavy atom. The summed E-state index contributed by atoms with van der Waals surface area (Å²) in [6, 6.07) is 5.14. The number of rotatable bonds is 3. The van der Waals surface area contributed by atoms with Gasteiger partial charge >= 0.3 is 6.09 Å². The van der Waals surface area contributed by atoms with E-state index in [4.69, 9.17) is 25.8 Å². The lowest BCUT2D eigenvalue weighted by Crippen LogP contribution is -2.50. The maximum absolute atomic E-state index is 12.5. The van der Waals surface area contributed by atoms with Crippen LogP contribution in [0.25, 0.3) is 0 Å². The number of carbonyl (C=O) groups is 2. The quantitative estimate of drug-likeness (QED) is 0.781. The summed E-state index contributed by atoms with van der Waals surface area (Å²) in [6.45, 7) is 2.17. The normalized spacial score (nSPS) is 16.4. The van der Waals surface area contributed by atoms with Crippen LogP contribution >= 0.6 is 11.6 Å². The van der Waals surface area contributed by atoms with E-state index in [1.807, 2.05) is 0 Å². The molecule has 2 aliphatic heterocycles. The Kier molecular flexibility index (Phi) is 4.76. The molecule has 0 bridgehead atoms. The topological polar surface area (TPSA) is 68.3 Å². The van der Waals surface area contributed by atoms with Crippen LogP contribution in [-0.2, 0) is 4.74 Å². The first kappa shape index (κ1) is 15.7. The zero-order chi connectivity index (χ0) is 16.2. The zero-order valence-electron chi connectivity index (χ0n) is 12.5. The van der Waals surface area contributed by atoms with E-state index in [2.05, 4.69) is 0 Å². The Morgan fingerprint density at radius 1 is 1.09 bits per heavy atom. The molecule has 0 spiro atoms. The van der Waals surface area contributed by atoms with Gasteiger partial charge in [-0.1, -0.05) is 0 Å². The SMILES string of the molecule is O=C(OCCCl)N1CCN(C(=O)c2ccc3c(c2)OCO3)CC1. The van der Waals surface area contributed by atoms with Crippen LogP contribution < -0.4 is 9.47 Å². The molecule has 0 atom stereocenters. The van der Waals surface area contributed by atoms with Crippen LogP contribution in [0.2, 0.25) is 0 Å². The van der Waals surface area contributed by atoms with E-state index in [1.165, 1.54) is 0 Å². The van der Waals surface area contributed by atoms with E-state index >= 15 is 0 Å². The summed E-state index contributed by atoms with van der Waals surface area (Å²) in [5.74, 6) is 1.42. The highest BCUT2D eigenvalue weighted by molar-refractivity contribution is 6.18. The number of nitrogens with zero attached hydrogens (tertiary/aromatic N) is 2. The average molecular weight is 341 g/mol. The van der Waals surface area contributed by atoms with Crippen LogP contribution in [0.3, 0.4) is 0 Å². The van der Waals surface area contributed by atoms with Crippen molar-refractivity contribution in [2.45, 2.75) is 0 Å². The molecular weight excluding hydrogens is 324 g/mol. The summed E-state index contributed by atoms with van der Waals surface area (Å²) < 4.78 is 15.5. The van der Waals surface area contributed by atoms with Gasteiger partial charge in [-0.2, -0.15) is 0 Å². The van der Waals surface area contributed by atoms with E-state index in [0.717, 1.165) is 0 Å². The molecule has 1 fully saturated rings. The molecule has 1 saturated heterocycles. The molecular formula is C15H17ClN2O5. The lowest BCUT2D eigenvalue weighted by Gasteiger charge is -2.34. The third-order valence-electron chi connectivity index (χ3n) is 3.75. The van der Waals surface area contributed by atoms with Crippen molar-refractivity contribution >= 4 is 23.6 Å². The summed E-state index contributed by atoms with van der Waals surface area (Å²) in [5.41, 5.74) is 0.549. The molecule has 0 saturated carbocycles. The van der Waals surface area contributed by atoms with Crippen molar-refractivity contribution in [1.29, 1.82) is 0 Å². The summed E-state index contributed by atoms with van der Waals surface area (Å²) in [6.07, 6.45) is -0.388. The fraction of sp³-hybridized carbons (Fsp3) is 0.467. The van der Waals surface area contributed by atoms with Crippen LogP contribution in [-0.4, -0.2) is 67.3 Å². The largest absolute Gasteiger partial charge is 0.454 e. The number of ether oxygens (including phenoxy) is 3.